The first-order chi connectivity index (χ1) is 9.52. The predicted octanol–water partition coefficient (Wildman–Crippen LogP) is 3.13. The minimum absolute atomic E-state index is 0.161. The number of hydrogen-bond donors (Lipinski definition) is 0. The van der Waals surface area contributed by atoms with Gasteiger partial charge in [-0.2, -0.15) is 5.26 Å². The highest BCUT2D eigenvalue weighted by atomic mass is 79.9. The van der Waals surface area contributed by atoms with Crippen LogP contribution in [-0.2, 0) is 0 Å². The maximum absolute atomic E-state index is 13.7. The van der Waals surface area contributed by atoms with E-state index in [1.54, 1.807) is 6.07 Å². The van der Waals surface area contributed by atoms with Gasteiger partial charge in [-0.25, -0.2) is 9.37 Å². The molecule has 1 aromatic carbocycles. The van der Waals surface area contributed by atoms with Gasteiger partial charge in [0.15, 0.2) is 0 Å². The molecule has 0 saturated carbocycles. The molecule has 1 amide bonds. The Balaban J connectivity index is 2.32. The third-order valence-corrected chi connectivity index (χ3v) is 3.19. The minimum atomic E-state index is -0.495. The van der Waals surface area contributed by atoms with Crippen molar-refractivity contribution in [2.24, 2.45) is 0 Å². The fourth-order valence-electron chi connectivity index (χ4n) is 1.63. The number of benzene rings is 1. The van der Waals surface area contributed by atoms with Gasteiger partial charge in [-0.15, -0.1) is 0 Å². The fourth-order valence-corrected chi connectivity index (χ4v) is 1.98. The number of halogens is 2. The van der Waals surface area contributed by atoms with Crippen LogP contribution in [0.5, 0.6) is 0 Å². The Hall–Kier alpha value is -2.26. The number of hydrogen-bond acceptors (Lipinski definition) is 3. The summed E-state index contributed by atoms with van der Waals surface area (Å²) >= 11 is 3.24. The first-order valence-electron chi connectivity index (χ1n) is 5.62. The highest BCUT2D eigenvalue weighted by molar-refractivity contribution is 9.10. The Morgan fingerprint density at radius 1 is 1.40 bits per heavy atom. The van der Waals surface area contributed by atoms with E-state index in [0.29, 0.717) is 4.47 Å². The molecular formula is C14H9BrFN3O. The summed E-state index contributed by atoms with van der Waals surface area (Å²) in [5, 5.41) is 8.66. The van der Waals surface area contributed by atoms with Crippen molar-refractivity contribution in [1.82, 2.24) is 4.98 Å². The van der Waals surface area contributed by atoms with E-state index >= 15 is 0 Å². The number of anilines is 1. The quantitative estimate of drug-likeness (QED) is 0.848. The summed E-state index contributed by atoms with van der Waals surface area (Å²) in [6.45, 7) is 0. The van der Waals surface area contributed by atoms with Crippen LogP contribution in [0.4, 0.5) is 10.1 Å². The monoisotopic (exact) mass is 333 g/mol. The average molecular weight is 334 g/mol. The lowest BCUT2D eigenvalue weighted by Crippen LogP contribution is -2.27. The molecule has 0 spiro atoms. The van der Waals surface area contributed by atoms with E-state index in [4.69, 9.17) is 5.26 Å². The van der Waals surface area contributed by atoms with Gasteiger partial charge in [-0.1, -0.05) is 15.9 Å². The van der Waals surface area contributed by atoms with Crippen molar-refractivity contribution in [3.8, 4) is 6.07 Å². The van der Waals surface area contributed by atoms with Crippen LogP contribution in [0.25, 0.3) is 0 Å². The van der Waals surface area contributed by atoms with Gasteiger partial charge in [-0.3, -0.25) is 4.79 Å². The summed E-state index contributed by atoms with van der Waals surface area (Å²) in [4.78, 5) is 17.2. The van der Waals surface area contributed by atoms with Crippen molar-refractivity contribution >= 4 is 27.5 Å². The molecule has 1 heterocycles. The van der Waals surface area contributed by atoms with Crippen molar-refractivity contribution < 1.29 is 9.18 Å². The van der Waals surface area contributed by atoms with Gasteiger partial charge >= 0.3 is 0 Å². The Bertz CT molecular complexity index is 695. The van der Waals surface area contributed by atoms with Crippen LogP contribution in [0.2, 0.25) is 0 Å². The summed E-state index contributed by atoms with van der Waals surface area (Å²) in [6, 6.07) is 9.15. The highest BCUT2D eigenvalue weighted by Crippen LogP contribution is 2.24. The number of rotatable bonds is 2. The molecule has 4 nitrogen and oxygen atoms in total. The van der Waals surface area contributed by atoms with Gasteiger partial charge in [0, 0.05) is 17.7 Å². The average Bonchev–Trinajstić information content (AvgIpc) is 2.48. The maximum Gasteiger partial charge on any atom is 0.259 e. The van der Waals surface area contributed by atoms with Crippen LogP contribution < -0.4 is 4.90 Å². The van der Waals surface area contributed by atoms with Gasteiger partial charge in [-0.05, 0) is 30.3 Å². The molecule has 20 heavy (non-hydrogen) atoms. The molecule has 0 N–H and O–H groups in total. The molecule has 0 bridgehead atoms. The molecule has 0 fully saturated rings. The Labute approximate surface area is 123 Å². The Kier molecular flexibility index (Phi) is 4.11. The van der Waals surface area contributed by atoms with Crippen molar-refractivity contribution in [3.05, 3.63) is 58.1 Å². The second-order valence-electron chi connectivity index (χ2n) is 4.00. The number of carbonyl (C=O) groups is 1. The summed E-state index contributed by atoms with van der Waals surface area (Å²) < 4.78 is 14.4. The molecule has 100 valence electrons. The molecule has 0 aliphatic carbocycles. The Morgan fingerprint density at radius 3 is 2.75 bits per heavy atom. The van der Waals surface area contributed by atoms with E-state index in [9.17, 15) is 9.18 Å². The van der Waals surface area contributed by atoms with Gasteiger partial charge in [0.05, 0.1) is 11.3 Å². The molecular weight excluding hydrogens is 325 g/mol. The topological polar surface area (TPSA) is 57.0 Å². The number of amides is 1. The third kappa shape index (κ3) is 2.83. The van der Waals surface area contributed by atoms with Crippen molar-refractivity contribution in [2.45, 2.75) is 0 Å². The highest BCUT2D eigenvalue weighted by Gasteiger charge is 2.17. The van der Waals surface area contributed by atoms with Gasteiger partial charge in [0.2, 0.25) is 0 Å². The third-order valence-electron chi connectivity index (χ3n) is 2.70. The Morgan fingerprint density at radius 2 is 2.15 bits per heavy atom. The number of nitriles is 1. The second kappa shape index (κ2) is 5.80. The van der Waals surface area contributed by atoms with E-state index in [1.165, 1.54) is 42.4 Å². The molecule has 2 aromatic rings. The van der Waals surface area contributed by atoms with Crippen LogP contribution in [-0.4, -0.2) is 17.9 Å². The molecule has 0 aliphatic rings. The summed E-state index contributed by atoms with van der Waals surface area (Å²) in [6.07, 6.45) is 1.30. The van der Waals surface area contributed by atoms with Crippen LogP contribution in [0.3, 0.4) is 0 Å². The largest absolute Gasteiger partial charge is 0.309 e. The van der Waals surface area contributed by atoms with Crippen molar-refractivity contribution in [2.75, 3.05) is 11.9 Å². The van der Waals surface area contributed by atoms with E-state index in [-0.39, 0.29) is 16.9 Å². The second-order valence-corrected chi connectivity index (χ2v) is 4.92. The van der Waals surface area contributed by atoms with Crippen molar-refractivity contribution in [1.29, 1.82) is 5.26 Å². The SMILES string of the molecule is CN(C(=O)c1ccc(C#N)nc1)c1cc(Br)ccc1F. The number of aromatic nitrogens is 1. The summed E-state index contributed by atoms with van der Waals surface area (Å²) in [5.41, 5.74) is 0.664. The summed E-state index contributed by atoms with van der Waals surface area (Å²) in [5.74, 6) is -0.898. The van der Waals surface area contributed by atoms with Crippen LogP contribution in [0.1, 0.15) is 16.1 Å². The molecule has 0 unspecified atom stereocenters. The first kappa shape index (κ1) is 14.2. The van der Waals surface area contributed by atoms with Gasteiger partial charge in [0.1, 0.15) is 17.6 Å². The molecule has 0 aliphatic heterocycles. The van der Waals surface area contributed by atoms with Crippen LogP contribution >= 0.6 is 15.9 Å². The van der Waals surface area contributed by atoms with Crippen LogP contribution in [0.15, 0.2) is 41.0 Å². The smallest absolute Gasteiger partial charge is 0.259 e. The minimum Gasteiger partial charge on any atom is -0.309 e. The van der Waals surface area contributed by atoms with E-state index in [2.05, 4.69) is 20.9 Å². The molecule has 1 aromatic heterocycles. The summed E-state index contributed by atoms with van der Waals surface area (Å²) in [7, 11) is 1.48. The van der Waals surface area contributed by atoms with E-state index in [1.807, 2.05) is 6.07 Å². The zero-order valence-electron chi connectivity index (χ0n) is 10.5. The zero-order valence-corrected chi connectivity index (χ0v) is 12.1. The van der Waals surface area contributed by atoms with E-state index in [0.717, 1.165) is 0 Å². The zero-order chi connectivity index (χ0) is 14.7. The lowest BCUT2D eigenvalue weighted by Gasteiger charge is -2.18. The predicted molar refractivity (Wildman–Crippen MR) is 75.8 cm³/mol. The van der Waals surface area contributed by atoms with E-state index < -0.39 is 11.7 Å². The fraction of sp³-hybridized carbons (Fsp3) is 0.0714. The van der Waals surface area contributed by atoms with Crippen LogP contribution in [0, 0.1) is 17.1 Å². The standard InChI is InChI=1S/C14H9BrFN3O/c1-19(13-6-10(15)3-5-12(13)16)14(20)9-2-4-11(7-17)18-8-9/h2-6,8H,1H3. The maximum atomic E-state index is 13.7. The van der Waals surface area contributed by atoms with Gasteiger partial charge in [0.25, 0.3) is 5.91 Å². The normalized spacial score (nSPS) is 9.90. The molecule has 6 heteroatoms. The number of nitrogens with zero attached hydrogens (tertiary/aromatic N) is 3. The molecule has 0 radical (unpaired) electrons. The lowest BCUT2D eigenvalue weighted by atomic mass is 10.2. The number of pyridine rings is 1. The van der Waals surface area contributed by atoms with Crippen molar-refractivity contribution in [3.63, 3.8) is 0 Å². The molecule has 0 atom stereocenters. The molecule has 2 rings (SSSR count). The van der Waals surface area contributed by atoms with Gasteiger partial charge < -0.3 is 4.90 Å². The first-order valence-corrected chi connectivity index (χ1v) is 6.41. The lowest BCUT2D eigenvalue weighted by molar-refractivity contribution is 0.0992. The molecule has 0 saturated heterocycles. The number of carbonyl (C=O) groups excluding carboxylic acids is 1.